The van der Waals surface area contributed by atoms with Crippen LogP contribution in [0.4, 0.5) is 0 Å². The average molecular weight is 382 g/mol. The Balaban J connectivity index is 2.19. The largest absolute Gasteiger partial charge is 0.427 e. The Kier molecular flexibility index (Phi) is 6.61. The molecule has 0 atom stereocenters. The summed E-state index contributed by atoms with van der Waals surface area (Å²) in [5.41, 5.74) is -0.0923. The summed E-state index contributed by atoms with van der Waals surface area (Å²) in [6, 6.07) is 1.43. The van der Waals surface area contributed by atoms with Crippen LogP contribution in [0.1, 0.15) is 43.5 Å². The molecular formula is C17H20ClN3O3S. The van der Waals surface area contributed by atoms with Gasteiger partial charge in [0.05, 0.1) is 16.3 Å². The first kappa shape index (κ1) is 19.5. The molecule has 0 radical (unpaired) electrons. The zero-order valence-electron chi connectivity index (χ0n) is 14.1. The van der Waals surface area contributed by atoms with Crippen LogP contribution in [-0.2, 0) is 9.53 Å². The number of allylic oxidation sites excluding steroid dienone is 2. The third kappa shape index (κ3) is 5.06. The third-order valence-electron chi connectivity index (χ3n) is 3.53. The molecule has 8 heteroatoms. The molecule has 1 aliphatic carbocycles. The Morgan fingerprint density at radius 1 is 1.44 bits per heavy atom. The van der Waals surface area contributed by atoms with Crippen molar-refractivity contribution in [1.29, 1.82) is 10.8 Å². The van der Waals surface area contributed by atoms with Crippen LogP contribution < -0.4 is 5.49 Å². The summed E-state index contributed by atoms with van der Waals surface area (Å²) in [6.07, 6.45) is 4.43. The topological polar surface area (TPSA) is 96.0 Å². The predicted molar refractivity (Wildman–Crippen MR) is 98.4 cm³/mol. The van der Waals surface area contributed by atoms with Crippen LogP contribution in [-0.4, -0.2) is 33.2 Å². The number of ketones is 1. The molecule has 0 aliphatic heterocycles. The lowest BCUT2D eigenvalue weighted by Gasteiger charge is -2.14. The standard InChI is InChI=1S/C17H20ClN3O3S/c1-10(2)25-9-14(19)21-7-6-13(15(18)16(21)20)17(23)24-12-5-3-4-11(22)8-12/h6-8,10,19-20H,3-5,9H2,1-2H3. The van der Waals surface area contributed by atoms with E-state index in [1.807, 2.05) is 13.8 Å². The van der Waals surface area contributed by atoms with Gasteiger partial charge in [0.15, 0.2) is 5.78 Å². The monoisotopic (exact) mass is 381 g/mol. The van der Waals surface area contributed by atoms with Crippen molar-refractivity contribution in [2.45, 2.75) is 38.4 Å². The molecule has 0 amide bonds. The fourth-order valence-electron chi connectivity index (χ4n) is 2.24. The van der Waals surface area contributed by atoms with Crippen LogP contribution in [0.15, 0.2) is 24.1 Å². The van der Waals surface area contributed by atoms with E-state index in [1.54, 1.807) is 11.8 Å². The number of hydrogen-bond acceptors (Lipinski definition) is 6. The minimum atomic E-state index is -0.699. The number of rotatable bonds is 5. The molecule has 2 rings (SSSR count). The van der Waals surface area contributed by atoms with Crippen molar-refractivity contribution >= 4 is 41.0 Å². The van der Waals surface area contributed by atoms with Gasteiger partial charge in [0.2, 0.25) is 0 Å². The summed E-state index contributed by atoms with van der Waals surface area (Å²) in [6.45, 7) is 4.06. The van der Waals surface area contributed by atoms with Gasteiger partial charge in [-0.2, -0.15) is 11.8 Å². The number of hydrogen-bond donors (Lipinski definition) is 2. The molecular weight excluding hydrogens is 362 g/mol. The molecule has 6 nitrogen and oxygen atoms in total. The van der Waals surface area contributed by atoms with E-state index in [9.17, 15) is 9.59 Å². The van der Waals surface area contributed by atoms with Gasteiger partial charge in [-0.25, -0.2) is 4.79 Å². The molecule has 1 aliphatic rings. The maximum absolute atomic E-state index is 12.3. The SMILES string of the molecule is CC(C)SCC(=N)n1ccc(C(=O)OC2=CC(=O)CCC2)c(Cl)c1=N. The van der Waals surface area contributed by atoms with Gasteiger partial charge >= 0.3 is 5.97 Å². The van der Waals surface area contributed by atoms with E-state index in [1.165, 1.54) is 22.9 Å². The van der Waals surface area contributed by atoms with Crippen molar-refractivity contribution in [3.63, 3.8) is 0 Å². The molecule has 0 unspecified atom stereocenters. The first-order valence-electron chi connectivity index (χ1n) is 7.90. The second-order valence-corrected chi connectivity index (χ2v) is 7.83. The first-order chi connectivity index (χ1) is 11.8. The summed E-state index contributed by atoms with van der Waals surface area (Å²) >= 11 is 7.73. The highest BCUT2D eigenvalue weighted by atomic mass is 35.5. The molecule has 1 heterocycles. The number of thioether (sulfide) groups is 1. The van der Waals surface area contributed by atoms with E-state index < -0.39 is 5.97 Å². The van der Waals surface area contributed by atoms with Gasteiger partial charge in [0, 0.05) is 25.1 Å². The molecule has 0 aromatic carbocycles. The number of pyridine rings is 1. The molecule has 0 saturated carbocycles. The van der Waals surface area contributed by atoms with Crippen LogP contribution in [0, 0.1) is 10.8 Å². The number of ether oxygens (including phenoxy) is 1. The normalized spacial score (nSPS) is 14.4. The molecule has 1 aromatic heterocycles. The van der Waals surface area contributed by atoms with Crippen LogP contribution in [0.25, 0.3) is 0 Å². The van der Waals surface area contributed by atoms with E-state index in [0.717, 1.165) is 0 Å². The van der Waals surface area contributed by atoms with Gasteiger partial charge < -0.3 is 4.74 Å². The van der Waals surface area contributed by atoms with Crippen molar-refractivity contribution in [2.75, 3.05) is 5.75 Å². The zero-order valence-corrected chi connectivity index (χ0v) is 15.7. The maximum atomic E-state index is 12.3. The lowest BCUT2D eigenvalue weighted by molar-refractivity contribution is -0.115. The summed E-state index contributed by atoms with van der Waals surface area (Å²) in [5, 5.41) is 16.5. The number of aromatic nitrogens is 1. The number of carbonyl (C=O) groups excluding carboxylic acids is 2. The van der Waals surface area contributed by atoms with Gasteiger partial charge in [-0.1, -0.05) is 25.4 Å². The molecule has 25 heavy (non-hydrogen) atoms. The van der Waals surface area contributed by atoms with Gasteiger partial charge in [0.1, 0.15) is 17.1 Å². The van der Waals surface area contributed by atoms with E-state index in [4.69, 9.17) is 27.2 Å². The fourth-order valence-corrected chi connectivity index (χ4v) is 3.10. The van der Waals surface area contributed by atoms with Gasteiger partial charge in [-0.15, -0.1) is 0 Å². The highest BCUT2D eigenvalue weighted by molar-refractivity contribution is 8.00. The quantitative estimate of drug-likeness (QED) is 0.464. The summed E-state index contributed by atoms with van der Waals surface area (Å²) in [4.78, 5) is 23.7. The van der Waals surface area contributed by atoms with Crippen LogP contribution in [0.5, 0.6) is 0 Å². The molecule has 1 aromatic rings. The Bertz CT molecular complexity index is 799. The summed E-state index contributed by atoms with van der Waals surface area (Å²) in [5.74, 6) is 0.203. The van der Waals surface area contributed by atoms with Crippen molar-refractivity contribution in [3.8, 4) is 0 Å². The smallest absolute Gasteiger partial charge is 0.344 e. The lowest BCUT2D eigenvalue weighted by Crippen LogP contribution is -2.30. The second-order valence-electron chi connectivity index (χ2n) is 5.89. The van der Waals surface area contributed by atoms with Gasteiger partial charge in [-0.05, 0) is 17.7 Å². The number of halogens is 1. The van der Waals surface area contributed by atoms with Crippen molar-refractivity contribution in [3.05, 3.63) is 40.2 Å². The number of nitrogens with one attached hydrogen (secondary N) is 2. The lowest BCUT2D eigenvalue weighted by atomic mass is 10.1. The van der Waals surface area contributed by atoms with E-state index >= 15 is 0 Å². The van der Waals surface area contributed by atoms with Crippen LogP contribution >= 0.6 is 23.4 Å². The minimum absolute atomic E-state index is 0.0474. The van der Waals surface area contributed by atoms with Crippen LogP contribution in [0.3, 0.4) is 0 Å². The molecule has 0 saturated heterocycles. The molecule has 0 fully saturated rings. The van der Waals surface area contributed by atoms with E-state index in [2.05, 4.69) is 0 Å². The highest BCUT2D eigenvalue weighted by Crippen LogP contribution is 2.20. The van der Waals surface area contributed by atoms with Gasteiger partial charge in [-0.3, -0.25) is 20.2 Å². The van der Waals surface area contributed by atoms with Crippen molar-refractivity contribution < 1.29 is 14.3 Å². The van der Waals surface area contributed by atoms with Crippen LogP contribution in [0.2, 0.25) is 5.02 Å². The van der Waals surface area contributed by atoms with E-state index in [-0.39, 0.29) is 27.7 Å². The Hall–Kier alpha value is -1.86. The Morgan fingerprint density at radius 2 is 2.16 bits per heavy atom. The molecule has 0 spiro atoms. The fraction of sp³-hybridized carbons (Fsp3) is 0.412. The Labute approximate surface area is 155 Å². The zero-order chi connectivity index (χ0) is 18.6. The number of esters is 1. The number of nitrogens with zero attached hydrogens (tertiary/aromatic N) is 1. The predicted octanol–water partition coefficient (Wildman–Crippen LogP) is 3.38. The summed E-state index contributed by atoms with van der Waals surface area (Å²) < 4.78 is 6.56. The number of carbonyl (C=O) groups is 2. The molecule has 0 bridgehead atoms. The molecule has 2 N–H and O–H groups in total. The van der Waals surface area contributed by atoms with Crippen molar-refractivity contribution in [2.24, 2.45) is 0 Å². The molecule has 134 valence electrons. The summed E-state index contributed by atoms with van der Waals surface area (Å²) in [7, 11) is 0. The third-order valence-corrected chi connectivity index (χ3v) is 5.02. The Morgan fingerprint density at radius 3 is 2.80 bits per heavy atom. The highest BCUT2D eigenvalue weighted by Gasteiger charge is 2.19. The second kappa shape index (κ2) is 8.49. The average Bonchev–Trinajstić information content (AvgIpc) is 2.55. The van der Waals surface area contributed by atoms with Crippen molar-refractivity contribution in [1.82, 2.24) is 4.57 Å². The van der Waals surface area contributed by atoms with E-state index in [0.29, 0.717) is 36.0 Å². The van der Waals surface area contributed by atoms with Gasteiger partial charge in [0.25, 0.3) is 0 Å². The minimum Gasteiger partial charge on any atom is -0.427 e. The maximum Gasteiger partial charge on any atom is 0.344 e. The first-order valence-corrected chi connectivity index (χ1v) is 9.33.